The van der Waals surface area contributed by atoms with Gasteiger partial charge in [-0.15, -0.1) is 0 Å². The number of nitrogens with one attached hydrogen (secondary N) is 1. The molecule has 1 rings (SSSR count). The van der Waals surface area contributed by atoms with Gasteiger partial charge in [0.1, 0.15) is 5.75 Å². The summed E-state index contributed by atoms with van der Waals surface area (Å²) in [4.78, 5) is 0. The van der Waals surface area contributed by atoms with E-state index < -0.39 is 0 Å². The van der Waals surface area contributed by atoms with Crippen LogP contribution >= 0.6 is 0 Å². The third kappa shape index (κ3) is 8.74. The highest BCUT2D eigenvalue weighted by Gasteiger charge is 2.00. The van der Waals surface area contributed by atoms with Gasteiger partial charge < -0.3 is 14.8 Å². The first kappa shape index (κ1) is 18.0. The fraction of sp³-hybridized carbons (Fsp3) is 0.667. The molecule has 1 N–H and O–H groups in total. The van der Waals surface area contributed by atoms with Crippen LogP contribution in [0.15, 0.2) is 24.3 Å². The summed E-state index contributed by atoms with van der Waals surface area (Å²) in [5, 5.41) is 3.51. The zero-order valence-electron chi connectivity index (χ0n) is 13.9. The lowest BCUT2D eigenvalue weighted by Crippen LogP contribution is -2.26. The molecular weight excluding hydrogens is 262 g/mol. The molecule has 0 saturated carbocycles. The van der Waals surface area contributed by atoms with Gasteiger partial charge in [-0.25, -0.2) is 0 Å². The summed E-state index contributed by atoms with van der Waals surface area (Å²) in [6.07, 6.45) is 5.71. The first-order valence-corrected chi connectivity index (χ1v) is 8.20. The molecule has 3 nitrogen and oxygen atoms in total. The predicted molar refractivity (Wildman–Crippen MR) is 89.1 cm³/mol. The van der Waals surface area contributed by atoms with Crippen molar-refractivity contribution in [1.82, 2.24) is 5.32 Å². The Kier molecular flexibility index (Phi) is 9.92. The number of rotatable bonds is 12. The highest BCUT2D eigenvalue weighted by molar-refractivity contribution is 5.27. The topological polar surface area (TPSA) is 30.5 Å². The molecule has 0 spiro atoms. The number of ether oxygens (including phenoxy) is 2. The Hall–Kier alpha value is -1.06. The van der Waals surface area contributed by atoms with Crippen LogP contribution in [0, 0.1) is 0 Å². The molecule has 0 aromatic heterocycles. The molecule has 1 aromatic carbocycles. The van der Waals surface area contributed by atoms with Crippen LogP contribution < -0.4 is 10.1 Å². The molecule has 0 radical (unpaired) electrons. The molecule has 120 valence electrons. The lowest BCUT2D eigenvalue weighted by molar-refractivity contribution is 0.202. The fourth-order valence-corrected chi connectivity index (χ4v) is 2.21. The summed E-state index contributed by atoms with van der Waals surface area (Å²) in [5.41, 5.74) is 1.29. The molecule has 0 bridgehead atoms. The maximum absolute atomic E-state index is 5.78. The van der Waals surface area contributed by atoms with Crippen molar-refractivity contribution in [2.45, 2.75) is 52.0 Å². The lowest BCUT2D eigenvalue weighted by Gasteiger charge is -2.13. The van der Waals surface area contributed by atoms with Gasteiger partial charge in [0.25, 0.3) is 0 Å². The molecule has 3 heteroatoms. The summed E-state index contributed by atoms with van der Waals surface area (Å²) < 4.78 is 10.9. The van der Waals surface area contributed by atoms with Crippen LogP contribution in [0.5, 0.6) is 5.75 Å². The largest absolute Gasteiger partial charge is 0.494 e. The molecular formula is C18H31NO2. The molecule has 0 fully saturated rings. The van der Waals surface area contributed by atoms with Gasteiger partial charge >= 0.3 is 0 Å². The third-order valence-corrected chi connectivity index (χ3v) is 3.56. The standard InChI is InChI=1S/C18H31NO2/c1-4-13-19-16(2)7-5-6-14-21-18-10-8-17(9-11-18)12-15-20-3/h8-11,16,19H,4-7,12-15H2,1-3H3. The molecule has 0 saturated heterocycles. The van der Waals surface area contributed by atoms with Crippen molar-refractivity contribution in [1.29, 1.82) is 0 Å². The van der Waals surface area contributed by atoms with E-state index in [0.717, 1.165) is 38.3 Å². The normalized spacial score (nSPS) is 12.3. The minimum absolute atomic E-state index is 0.616. The van der Waals surface area contributed by atoms with E-state index in [9.17, 15) is 0 Å². The Morgan fingerprint density at radius 2 is 1.86 bits per heavy atom. The first-order chi connectivity index (χ1) is 10.3. The molecule has 0 aliphatic rings. The fourth-order valence-electron chi connectivity index (χ4n) is 2.21. The minimum Gasteiger partial charge on any atom is -0.494 e. The Labute approximate surface area is 130 Å². The van der Waals surface area contributed by atoms with Crippen molar-refractivity contribution in [2.75, 3.05) is 26.9 Å². The Balaban J connectivity index is 2.09. The maximum Gasteiger partial charge on any atom is 0.119 e. The van der Waals surface area contributed by atoms with Gasteiger partial charge in [0.2, 0.25) is 0 Å². The van der Waals surface area contributed by atoms with E-state index in [4.69, 9.17) is 9.47 Å². The Morgan fingerprint density at radius 3 is 2.52 bits per heavy atom. The van der Waals surface area contributed by atoms with Crippen LogP contribution in [0.3, 0.4) is 0 Å². The zero-order chi connectivity index (χ0) is 15.3. The summed E-state index contributed by atoms with van der Waals surface area (Å²) in [6, 6.07) is 8.95. The van der Waals surface area contributed by atoms with Crippen LogP contribution in [-0.4, -0.2) is 32.9 Å². The summed E-state index contributed by atoms with van der Waals surface area (Å²) in [6.45, 7) is 7.15. The molecule has 1 aromatic rings. The van der Waals surface area contributed by atoms with Gasteiger partial charge in [0.15, 0.2) is 0 Å². The predicted octanol–water partition coefficient (Wildman–Crippen LogP) is 3.81. The van der Waals surface area contributed by atoms with Crippen molar-refractivity contribution in [3.63, 3.8) is 0 Å². The lowest BCUT2D eigenvalue weighted by atomic mass is 10.1. The maximum atomic E-state index is 5.78. The smallest absolute Gasteiger partial charge is 0.119 e. The van der Waals surface area contributed by atoms with Gasteiger partial charge in [-0.3, -0.25) is 0 Å². The average molecular weight is 293 g/mol. The Morgan fingerprint density at radius 1 is 1.10 bits per heavy atom. The number of unbranched alkanes of at least 4 members (excludes halogenated alkanes) is 1. The van der Waals surface area contributed by atoms with Crippen LogP contribution in [0.25, 0.3) is 0 Å². The SMILES string of the molecule is CCCNC(C)CCCCOc1ccc(CCOC)cc1. The molecule has 1 atom stereocenters. The second-order valence-electron chi connectivity index (χ2n) is 5.59. The van der Waals surface area contributed by atoms with Gasteiger partial charge in [-0.2, -0.15) is 0 Å². The molecule has 0 aliphatic heterocycles. The second kappa shape index (κ2) is 11.6. The van der Waals surface area contributed by atoms with Crippen molar-refractivity contribution in [3.05, 3.63) is 29.8 Å². The number of benzene rings is 1. The zero-order valence-corrected chi connectivity index (χ0v) is 13.9. The van der Waals surface area contributed by atoms with Crippen LogP contribution in [0.2, 0.25) is 0 Å². The van der Waals surface area contributed by atoms with E-state index in [1.165, 1.54) is 24.8 Å². The van der Waals surface area contributed by atoms with E-state index in [1.807, 2.05) is 0 Å². The quantitative estimate of drug-likeness (QED) is 0.594. The first-order valence-electron chi connectivity index (χ1n) is 8.20. The number of hydrogen-bond donors (Lipinski definition) is 1. The molecule has 1 unspecified atom stereocenters. The van der Waals surface area contributed by atoms with Crippen LogP contribution in [-0.2, 0) is 11.2 Å². The van der Waals surface area contributed by atoms with Gasteiger partial charge in [-0.1, -0.05) is 19.1 Å². The average Bonchev–Trinajstić information content (AvgIpc) is 2.51. The summed E-state index contributed by atoms with van der Waals surface area (Å²) in [7, 11) is 1.73. The van der Waals surface area contributed by atoms with E-state index in [2.05, 4.69) is 43.4 Å². The number of hydrogen-bond acceptors (Lipinski definition) is 3. The van der Waals surface area contributed by atoms with Crippen LogP contribution in [0.4, 0.5) is 0 Å². The minimum atomic E-state index is 0.616. The molecule has 0 heterocycles. The van der Waals surface area contributed by atoms with Crippen molar-refractivity contribution in [2.24, 2.45) is 0 Å². The molecule has 21 heavy (non-hydrogen) atoms. The van der Waals surface area contributed by atoms with E-state index in [-0.39, 0.29) is 0 Å². The third-order valence-electron chi connectivity index (χ3n) is 3.56. The molecule has 0 amide bonds. The number of methoxy groups -OCH3 is 1. The van der Waals surface area contributed by atoms with Gasteiger partial charge in [0, 0.05) is 13.2 Å². The van der Waals surface area contributed by atoms with Crippen molar-refractivity contribution >= 4 is 0 Å². The molecule has 0 aliphatic carbocycles. The van der Waals surface area contributed by atoms with E-state index in [0.29, 0.717) is 6.04 Å². The van der Waals surface area contributed by atoms with Gasteiger partial charge in [-0.05, 0) is 63.3 Å². The Bertz CT molecular complexity index is 351. The van der Waals surface area contributed by atoms with E-state index in [1.54, 1.807) is 7.11 Å². The highest BCUT2D eigenvalue weighted by Crippen LogP contribution is 2.13. The summed E-state index contributed by atoms with van der Waals surface area (Å²) in [5.74, 6) is 0.966. The highest BCUT2D eigenvalue weighted by atomic mass is 16.5. The summed E-state index contributed by atoms with van der Waals surface area (Å²) >= 11 is 0. The van der Waals surface area contributed by atoms with Crippen molar-refractivity contribution < 1.29 is 9.47 Å². The van der Waals surface area contributed by atoms with Crippen molar-refractivity contribution in [3.8, 4) is 5.75 Å². The van der Waals surface area contributed by atoms with Gasteiger partial charge in [0.05, 0.1) is 13.2 Å². The van der Waals surface area contributed by atoms with Crippen LogP contribution in [0.1, 0.15) is 45.1 Å². The monoisotopic (exact) mass is 293 g/mol. The second-order valence-corrected chi connectivity index (χ2v) is 5.59. The van der Waals surface area contributed by atoms with E-state index >= 15 is 0 Å².